The molecule has 0 fully saturated rings. The fourth-order valence-electron chi connectivity index (χ4n) is 4.98. The van der Waals surface area contributed by atoms with E-state index in [9.17, 15) is 29.3 Å². The average molecular weight is 580 g/mol. The number of hydrogen-bond donors (Lipinski definition) is 5. The second kappa shape index (κ2) is 13.5. The van der Waals surface area contributed by atoms with Gasteiger partial charge in [0.2, 0.25) is 0 Å². The van der Waals surface area contributed by atoms with Crippen LogP contribution in [0.1, 0.15) is 61.9 Å². The van der Waals surface area contributed by atoms with Gasteiger partial charge >= 0.3 is 5.97 Å². The lowest BCUT2D eigenvalue weighted by Gasteiger charge is -2.20. The van der Waals surface area contributed by atoms with Crippen molar-refractivity contribution in [2.24, 2.45) is 0 Å². The van der Waals surface area contributed by atoms with Crippen LogP contribution in [0, 0.1) is 5.82 Å². The van der Waals surface area contributed by atoms with Crippen LogP contribution in [0.25, 0.3) is 22.4 Å². The van der Waals surface area contributed by atoms with E-state index in [1.165, 1.54) is 36.4 Å². The van der Waals surface area contributed by atoms with Gasteiger partial charge in [-0.25, -0.2) is 4.39 Å². The average Bonchev–Trinajstić information content (AvgIpc) is 3.34. The molecule has 0 radical (unpaired) electrons. The largest absolute Gasteiger partial charge is 0.506 e. The number of aliphatic carboxylic acids is 1. The van der Waals surface area contributed by atoms with E-state index in [1.54, 1.807) is 30.5 Å². The number of aromatic nitrogens is 1. The molecule has 0 aliphatic carbocycles. The summed E-state index contributed by atoms with van der Waals surface area (Å²) in [6, 6.07) is 8.07. The van der Waals surface area contributed by atoms with Crippen LogP contribution in [0.4, 0.5) is 10.1 Å². The molecule has 0 saturated heterocycles. The molecule has 0 spiro atoms. The molecule has 42 heavy (non-hydrogen) atoms. The van der Waals surface area contributed by atoms with Gasteiger partial charge in [0.15, 0.2) is 0 Å². The van der Waals surface area contributed by atoms with Gasteiger partial charge in [-0.3, -0.25) is 9.59 Å². The number of anilines is 1. The molecular weight excluding hydrogens is 539 g/mol. The number of benzene rings is 3. The zero-order valence-corrected chi connectivity index (χ0v) is 23.1. The van der Waals surface area contributed by atoms with Crippen LogP contribution >= 0.6 is 0 Å². The van der Waals surface area contributed by atoms with Gasteiger partial charge in [-0.2, -0.15) is 0 Å². The fourth-order valence-corrected chi connectivity index (χ4v) is 4.98. The maximum absolute atomic E-state index is 14.3. The Balaban J connectivity index is 2.07. The van der Waals surface area contributed by atoms with Gasteiger partial charge in [0.25, 0.3) is 5.91 Å². The van der Waals surface area contributed by atoms with Gasteiger partial charge in [0.05, 0.1) is 42.4 Å². The van der Waals surface area contributed by atoms with Crippen LogP contribution in [-0.2, 0) is 11.3 Å². The Morgan fingerprint density at radius 2 is 1.64 bits per heavy atom. The summed E-state index contributed by atoms with van der Waals surface area (Å²) in [5.74, 6) is -3.26. The van der Waals surface area contributed by atoms with Crippen LogP contribution in [0.15, 0.2) is 78.7 Å². The van der Waals surface area contributed by atoms with Crippen molar-refractivity contribution in [3.63, 3.8) is 0 Å². The molecule has 0 aliphatic rings. The normalized spacial score (nSPS) is 14.4. The lowest BCUT2D eigenvalue weighted by atomic mass is 9.94. The first-order valence-corrected chi connectivity index (χ1v) is 13.4. The van der Waals surface area contributed by atoms with E-state index in [2.05, 4.69) is 5.32 Å². The summed E-state index contributed by atoms with van der Waals surface area (Å²) in [6.45, 7) is 3.52. The number of carbonyl (C=O) groups excluding carboxylic acids is 1. The fraction of sp³-hybridized carbons (Fsp3) is 0.273. The number of aliphatic hydroxyl groups excluding tert-OH is 2. The quantitative estimate of drug-likeness (QED) is 0.130. The number of nitrogens with one attached hydrogen (secondary N) is 1. The van der Waals surface area contributed by atoms with Crippen molar-refractivity contribution < 1.29 is 41.3 Å². The van der Waals surface area contributed by atoms with Crippen molar-refractivity contribution in [1.82, 2.24) is 4.57 Å². The highest BCUT2D eigenvalue weighted by Crippen LogP contribution is 2.43. The van der Waals surface area contributed by atoms with Crippen LogP contribution < -0.4 is 5.32 Å². The van der Waals surface area contributed by atoms with E-state index in [0.717, 1.165) is 0 Å². The minimum atomic E-state index is -1.32. The summed E-state index contributed by atoms with van der Waals surface area (Å²) in [6.07, 6.45) is -3.38. The summed E-state index contributed by atoms with van der Waals surface area (Å²) in [7, 11) is 0. The second-order valence-electron chi connectivity index (χ2n) is 10.2. The Hall–Kier alpha value is -4.47. The minimum absolute atomic E-state index is 0.0310. The predicted octanol–water partition coefficient (Wildman–Crippen LogP) is 6.02. The van der Waals surface area contributed by atoms with E-state index in [1.807, 2.05) is 0 Å². The van der Waals surface area contributed by atoms with E-state index in [-0.39, 0.29) is 53.2 Å². The zero-order chi connectivity index (χ0) is 34.7. The molecule has 4 rings (SSSR count). The molecule has 9 heteroatoms. The van der Waals surface area contributed by atoms with Crippen LogP contribution in [0.2, 0.25) is 0 Å². The van der Waals surface area contributed by atoms with Crippen LogP contribution in [0.3, 0.4) is 0 Å². The van der Waals surface area contributed by atoms with E-state index >= 15 is 0 Å². The van der Waals surface area contributed by atoms with Crippen molar-refractivity contribution in [2.45, 2.75) is 57.8 Å². The summed E-state index contributed by atoms with van der Waals surface area (Å²) < 4.78 is 58.3. The molecule has 1 heterocycles. The van der Waals surface area contributed by atoms with E-state index in [4.69, 9.17) is 12.0 Å². The standard InChI is InChI=1S/C33H35FN2O6/c1-20(2)31-30(33(42)35-26-10-6-7-11-27(26)39)29(21-8-4-3-5-9-21)32(22-12-14-23(34)15-13-22)36(31)17-16-24(37)18-25(38)19-28(40)41/h3-15,20,24-25,37-39H,16-19H2,1-2H3,(H,35,42)(H,40,41)/t24-,25-/m1/s1/i3D,4D,5D,8D,9D. The molecule has 220 valence electrons. The third-order valence-corrected chi connectivity index (χ3v) is 6.74. The number of carboxylic acid groups (broad SMARTS) is 1. The van der Waals surface area contributed by atoms with E-state index in [0.29, 0.717) is 11.3 Å². The molecule has 0 aliphatic heterocycles. The first kappa shape index (κ1) is 24.2. The van der Waals surface area contributed by atoms with Crippen LogP contribution in [-0.4, -0.2) is 49.1 Å². The lowest BCUT2D eigenvalue weighted by molar-refractivity contribution is -0.139. The SMILES string of the molecule is [2H]c1c([2H])c([2H])c(-c2c(C(=O)Nc3ccccc3O)c(C(C)C)n(CC[C@@H](O)C[C@@H](O)CC(=O)O)c2-c2ccc(F)cc2)c([2H])c1[2H]. The minimum Gasteiger partial charge on any atom is -0.506 e. The molecule has 0 bridgehead atoms. The third kappa shape index (κ3) is 7.05. The Kier molecular flexibility index (Phi) is 7.74. The van der Waals surface area contributed by atoms with Crippen LogP contribution in [0.5, 0.6) is 5.75 Å². The maximum Gasteiger partial charge on any atom is 0.305 e. The van der Waals surface area contributed by atoms with E-state index < -0.39 is 72.5 Å². The number of phenols is 1. The number of phenolic OH excluding ortho intramolecular Hbond substituents is 1. The molecule has 0 unspecified atom stereocenters. The molecular formula is C33H35FN2O6. The third-order valence-electron chi connectivity index (χ3n) is 6.74. The van der Waals surface area contributed by atoms with Crippen molar-refractivity contribution in [2.75, 3.05) is 5.32 Å². The topological polar surface area (TPSA) is 132 Å². The number of carbonyl (C=O) groups is 2. The number of amides is 1. The highest BCUT2D eigenvalue weighted by Gasteiger charge is 2.31. The maximum atomic E-state index is 14.3. The number of para-hydroxylation sites is 2. The number of hydrogen-bond acceptors (Lipinski definition) is 5. The van der Waals surface area contributed by atoms with Crippen molar-refractivity contribution in [3.05, 3.63) is 95.8 Å². The molecule has 1 amide bonds. The molecule has 3 aromatic carbocycles. The first-order valence-electron chi connectivity index (χ1n) is 15.9. The Bertz CT molecular complexity index is 1780. The smallest absolute Gasteiger partial charge is 0.305 e. The number of aliphatic hydroxyl groups is 2. The summed E-state index contributed by atoms with van der Waals surface area (Å²) in [5.41, 5.74) is 0.545. The summed E-state index contributed by atoms with van der Waals surface area (Å²) in [4.78, 5) is 25.3. The highest BCUT2D eigenvalue weighted by atomic mass is 19.1. The number of halogens is 1. The molecule has 0 saturated carbocycles. The van der Waals surface area contributed by atoms with Gasteiger partial charge in [-0.05, 0) is 66.3 Å². The van der Waals surface area contributed by atoms with Gasteiger partial charge < -0.3 is 30.3 Å². The Morgan fingerprint density at radius 3 is 2.26 bits per heavy atom. The van der Waals surface area contributed by atoms with Crippen molar-refractivity contribution in [1.29, 1.82) is 0 Å². The number of aromatic hydroxyl groups is 1. The lowest BCUT2D eigenvalue weighted by Crippen LogP contribution is -2.22. The Labute approximate surface area is 250 Å². The number of rotatable bonds is 12. The second-order valence-corrected chi connectivity index (χ2v) is 10.2. The zero-order valence-electron chi connectivity index (χ0n) is 28.1. The summed E-state index contributed by atoms with van der Waals surface area (Å²) in [5, 5.41) is 43.0. The molecule has 2 atom stereocenters. The number of nitrogens with zero attached hydrogens (tertiary/aromatic N) is 1. The highest BCUT2D eigenvalue weighted by molar-refractivity contribution is 6.13. The van der Waals surface area contributed by atoms with Gasteiger partial charge in [-0.1, -0.05) is 56.2 Å². The Morgan fingerprint density at radius 1 is 0.976 bits per heavy atom. The van der Waals surface area contributed by atoms with Gasteiger partial charge in [0.1, 0.15) is 11.6 Å². The molecule has 8 nitrogen and oxygen atoms in total. The first-order chi connectivity index (χ1) is 22.1. The monoisotopic (exact) mass is 579 g/mol. The summed E-state index contributed by atoms with van der Waals surface area (Å²) >= 11 is 0. The molecule has 5 N–H and O–H groups in total. The number of carboxylic acids is 1. The van der Waals surface area contributed by atoms with Gasteiger partial charge in [-0.15, -0.1) is 0 Å². The molecule has 1 aromatic heterocycles. The van der Waals surface area contributed by atoms with Crippen molar-refractivity contribution in [3.8, 4) is 28.1 Å². The van der Waals surface area contributed by atoms with Gasteiger partial charge in [0, 0.05) is 17.8 Å². The predicted molar refractivity (Wildman–Crippen MR) is 159 cm³/mol. The van der Waals surface area contributed by atoms with Crippen molar-refractivity contribution >= 4 is 17.6 Å². The molecule has 4 aromatic rings.